The first-order valence-electron chi connectivity index (χ1n) is 11.0. The van der Waals surface area contributed by atoms with Crippen molar-refractivity contribution in [2.45, 2.75) is 0 Å². The summed E-state index contributed by atoms with van der Waals surface area (Å²) in [7, 11) is 4.29. The fourth-order valence-electron chi connectivity index (χ4n) is 3.24. The van der Waals surface area contributed by atoms with Crippen LogP contribution in [0.3, 0.4) is 0 Å². The summed E-state index contributed by atoms with van der Waals surface area (Å²) in [6.07, 6.45) is 1.26. The van der Waals surface area contributed by atoms with Crippen LogP contribution in [-0.2, 0) is 4.79 Å². The Bertz CT molecular complexity index is 1410. The van der Waals surface area contributed by atoms with Gasteiger partial charge in [0.2, 0.25) is 5.75 Å². The predicted molar refractivity (Wildman–Crippen MR) is 147 cm³/mol. The smallest absolute Gasteiger partial charge is 0.343 e. The molecule has 204 valence electrons. The summed E-state index contributed by atoms with van der Waals surface area (Å²) in [5.74, 6) is -1.58. The molecule has 10 nitrogen and oxygen atoms in total. The molecular weight excluding hydrogens is 645 g/mol. The van der Waals surface area contributed by atoms with Gasteiger partial charge in [-0.2, -0.15) is 5.10 Å². The number of benzene rings is 3. The molecule has 3 rings (SSSR count). The predicted octanol–water partition coefficient (Wildman–Crippen LogP) is 4.48. The number of nitrogens with one attached hydrogen (secondary N) is 2. The molecule has 3 aromatic carbocycles. The van der Waals surface area contributed by atoms with Gasteiger partial charge < -0.3 is 24.3 Å². The molecule has 0 aromatic heterocycles. The summed E-state index contributed by atoms with van der Waals surface area (Å²) >= 11 is 6.73. The van der Waals surface area contributed by atoms with Crippen molar-refractivity contribution in [1.82, 2.24) is 10.7 Å². The van der Waals surface area contributed by atoms with Gasteiger partial charge in [-0.1, -0.05) is 22.0 Å². The van der Waals surface area contributed by atoms with Gasteiger partial charge >= 0.3 is 5.97 Å². The van der Waals surface area contributed by atoms with Gasteiger partial charge in [-0.25, -0.2) is 14.6 Å². The van der Waals surface area contributed by atoms with Crippen LogP contribution in [0.4, 0.5) is 4.39 Å². The average Bonchev–Trinajstić information content (AvgIpc) is 2.92. The van der Waals surface area contributed by atoms with Crippen LogP contribution in [0.1, 0.15) is 26.3 Å². The summed E-state index contributed by atoms with van der Waals surface area (Å²) < 4.78 is 35.8. The number of esters is 1. The van der Waals surface area contributed by atoms with E-state index >= 15 is 0 Å². The molecule has 3 aromatic rings. The minimum Gasteiger partial charge on any atom is -0.493 e. The molecule has 0 aliphatic heterocycles. The van der Waals surface area contributed by atoms with Gasteiger partial charge in [0.1, 0.15) is 5.82 Å². The van der Waals surface area contributed by atoms with Crippen molar-refractivity contribution in [2.24, 2.45) is 5.10 Å². The Morgan fingerprint density at radius 3 is 2.23 bits per heavy atom. The van der Waals surface area contributed by atoms with Crippen LogP contribution in [0.15, 0.2) is 62.6 Å². The van der Waals surface area contributed by atoms with E-state index in [4.69, 9.17) is 18.9 Å². The Labute approximate surface area is 239 Å². The molecule has 0 aliphatic rings. The molecule has 0 unspecified atom stereocenters. The third-order valence-electron chi connectivity index (χ3n) is 5.02. The Balaban J connectivity index is 1.73. The van der Waals surface area contributed by atoms with Crippen molar-refractivity contribution in [3.8, 4) is 23.0 Å². The Morgan fingerprint density at radius 1 is 0.923 bits per heavy atom. The third-order valence-corrected chi connectivity index (χ3v) is 6.07. The lowest BCUT2D eigenvalue weighted by atomic mass is 10.1. The van der Waals surface area contributed by atoms with Crippen molar-refractivity contribution in [3.05, 3.63) is 80.0 Å². The quantitative estimate of drug-likeness (QED) is 0.142. The Kier molecular flexibility index (Phi) is 10.4. The van der Waals surface area contributed by atoms with Crippen LogP contribution >= 0.6 is 31.9 Å². The minimum absolute atomic E-state index is 0.0730. The zero-order valence-electron chi connectivity index (χ0n) is 20.8. The van der Waals surface area contributed by atoms with E-state index < -0.39 is 30.1 Å². The lowest BCUT2D eigenvalue weighted by Crippen LogP contribution is -2.34. The minimum atomic E-state index is -0.726. The number of hydrogen-bond donors (Lipinski definition) is 2. The zero-order chi connectivity index (χ0) is 28.5. The maximum absolute atomic E-state index is 13.3. The molecule has 0 radical (unpaired) electrons. The second kappa shape index (κ2) is 13.7. The molecule has 0 bridgehead atoms. The Morgan fingerprint density at radius 2 is 1.62 bits per heavy atom. The molecule has 0 saturated carbocycles. The van der Waals surface area contributed by atoms with Crippen molar-refractivity contribution in [2.75, 3.05) is 27.9 Å². The van der Waals surface area contributed by atoms with E-state index in [-0.39, 0.29) is 28.4 Å². The number of carbonyl (C=O) groups is 3. The number of rotatable bonds is 10. The number of carbonyl (C=O) groups excluding carboxylic acids is 3. The highest BCUT2D eigenvalue weighted by atomic mass is 79.9. The summed E-state index contributed by atoms with van der Waals surface area (Å²) in [6, 6.07) is 11.2. The van der Waals surface area contributed by atoms with Crippen LogP contribution in [0.25, 0.3) is 0 Å². The lowest BCUT2D eigenvalue weighted by molar-refractivity contribution is -0.120. The highest BCUT2D eigenvalue weighted by Crippen LogP contribution is 2.39. The molecule has 0 aliphatic carbocycles. The van der Waals surface area contributed by atoms with E-state index in [1.807, 2.05) is 0 Å². The van der Waals surface area contributed by atoms with Crippen molar-refractivity contribution < 1.29 is 37.7 Å². The SMILES string of the molecule is COc1cc(C(=O)Oc2c(Br)cc(Br)cc2/C=N/NC(=O)CNC(=O)c2cccc(F)c2)cc(OC)c1OC. The van der Waals surface area contributed by atoms with Gasteiger partial charge in [0.05, 0.1) is 44.1 Å². The first-order valence-corrected chi connectivity index (χ1v) is 12.6. The molecule has 0 atom stereocenters. The van der Waals surface area contributed by atoms with Gasteiger partial charge in [-0.3, -0.25) is 9.59 Å². The highest BCUT2D eigenvalue weighted by Gasteiger charge is 2.20. The standard InChI is InChI=1S/C26H22Br2FN3O7/c1-36-20-9-15(10-21(37-2)24(20)38-3)26(35)39-23-16(7-17(27)11-19(23)28)12-31-32-22(33)13-30-25(34)14-5-4-6-18(29)8-14/h4-12H,13H2,1-3H3,(H,30,34)(H,32,33)/b31-12+. The summed E-state index contributed by atoms with van der Waals surface area (Å²) in [5.41, 5.74) is 2.80. The van der Waals surface area contributed by atoms with Crippen molar-refractivity contribution >= 4 is 55.9 Å². The van der Waals surface area contributed by atoms with Gasteiger partial charge in [0, 0.05) is 15.6 Å². The van der Waals surface area contributed by atoms with E-state index in [0.717, 1.165) is 6.07 Å². The van der Waals surface area contributed by atoms with Crippen LogP contribution in [0.2, 0.25) is 0 Å². The van der Waals surface area contributed by atoms with E-state index in [1.165, 1.54) is 57.9 Å². The third kappa shape index (κ3) is 7.77. The number of hydrazone groups is 1. The summed E-state index contributed by atoms with van der Waals surface area (Å²) in [4.78, 5) is 37.2. The molecule has 2 amide bonds. The fourth-order valence-corrected chi connectivity index (χ4v) is 4.58. The number of ether oxygens (including phenoxy) is 4. The number of halogens is 3. The fraction of sp³-hybridized carbons (Fsp3) is 0.154. The normalized spacial score (nSPS) is 10.6. The number of methoxy groups -OCH3 is 3. The molecule has 0 fully saturated rings. The molecule has 39 heavy (non-hydrogen) atoms. The van der Waals surface area contributed by atoms with E-state index in [2.05, 4.69) is 47.7 Å². The topological polar surface area (TPSA) is 125 Å². The second-order valence-electron chi connectivity index (χ2n) is 7.60. The first kappa shape index (κ1) is 29.6. The Hall–Kier alpha value is -3.97. The first-order chi connectivity index (χ1) is 18.7. The molecule has 2 N–H and O–H groups in total. The summed E-state index contributed by atoms with van der Waals surface area (Å²) in [5, 5.41) is 6.25. The largest absolute Gasteiger partial charge is 0.493 e. The van der Waals surface area contributed by atoms with Gasteiger partial charge in [0.15, 0.2) is 17.2 Å². The number of hydrogen-bond acceptors (Lipinski definition) is 8. The van der Waals surface area contributed by atoms with Crippen LogP contribution in [0.5, 0.6) is 23.0 Å². The maximum atomic E-state index is 13.3. The van der Waals surface area contributed by atoms with Crippen LogP contribution in [-0.4, -0.2) is 51.9 Å². The van der Waals surface area contributed by atoms with Gasteiger partial charge in [-0.05, 0) is 58.4 Å². The van der Waals surface area contributed by atoms with Gasteiger partial charge in [0.25, 0.3) is 11.8 Å². The molecule has 0 spiro atoms. The highest BCUT2D eigenvalue weighted by molar-refractivity contribution is 9.11. The summed E-state index contributed by atoms with van der Waals surface area (Å²) in [6.45, 7) is -0.405. The van der Waals surface area contributed by atoms with Gasteiger partial charge in [-0.15, -0.1) is 0 Å². The molecule has 0 heterocycles. The monoisotopic (exact) mass is 665 g/mol. The van der Waals surface area contributed by atoms with Crippen molar-refractivity contribution in [1.29, 1.82) is 0 Å². The average molecular weight is 667 g/mol. The molecular formula is C26H22Br2FN3O7. The van der Waals surface area contributed by atoms with E-state index in [1.54, 1.807) is 12.1 Å². The maximum Gasteiger partial charge on any atom is 0.343 e. The van der Waals surface area contributed by atoms with Crippen LogP contribution < -0.4 is 29.7 Å². The lowest BCUT2D eigenvalue weighted by Gasteiger charge is -2.15. The molecule has 13 heteroatoms. The molecule has 0 saturated heterocycles. The number of amides is 2. The second-order valence-corrected chi connectivity index (χ2v) is 9.37. The van der Waals surface area contributed by atoms with Crippen LogP contribution in [0, 0.1) is 5.82 Å². The zero-order valence-corrected chi connectivity index (χ0v) is 24.0. The number of nitrogens with zero attached hydrogens (tertiary/aromatic N) is 1. The van der Waals surface area contributed by atoms with E-state index in [9.17, 15) is 18.8 Å². The van der Waals surface area contributed by atoms with Crippen molar-refractivity contribution in [3.63, 3.8) is 0 Å². The van der Waals surface area contributed by atoms with E-state index in [0.29, 0.717) is 20.3 Å².